The molecule has 0 bridgehead atoms. The topological polar surface area (TPSA) is 52.6 Å². The minimum Gasteiger partial charge on any atom is -0.245 e. The molecule has 1 rings (SSSR count). The number of hydrogen-bond acceptors (Lipinski definition) is 4. The van der Waals surface area contributed by atoms with Gasteiger partial charge in [-0.1, -0.05) is 34.1 Å². The second-order valence-electron chi connectivity index (χ2n) is 5.26. The Morgan fingerprint density at radius 2 is 1.65 bits per heavy atom. The summed E-state index contributed by atoms with van der Waals surface area (Å²) in [6.07, 6.45) is 3.03. The molecule has 5 heteroatoms. The van der Waals surface area contributed by atoms with Crippen LogP contribution < -0.4 is 0 Å². The fourth-order valence-corrected chi connectivity index (χ4v) is 3.47. The van der Waals surface area contributed by atoms with E-state index in [1.54, 1.807) is 0 Å². The summed E-state index contributed by atoms with van der Waals surface area (Å²) >= 11 is 0. The lowest BCUT2D eigenvalue weighted by molar-refractivity contribution is 0.117. The van der Waals surface area contributed by atoms with Crippen molar-refractivity contribution in [2.24, 2.45) is 11.8 Å². The van der Waals surface area contributed by atoms with Crippen molar-refractivity contribution in [3.63, 3.8) is 0 Å². The van der Waals surface area contributed by atoms with Gasteiger partial charge in [-0.15, -0.1) is 0 Å². The van der Waals surface area contributed by atoms with Crippen LogP contribution >= 0.6 is 0 Å². The molecule has 0 aliphatic carbocycles. The standard InChI is InChI=1S/C12H24O4S/c1-5-6-10(4)12-8-7-11(9(2)3)15-17(13,14)16-12/h9-12H,5-8H2,1-4H3/t10?,11-,12-/m1/s1. The number of hydrogen-bond donors (Lipinski definition) is 0. The highest BCUT2D eigenvalue weighted by molar-refractivity contribution is 7.81. The number of rotatable bonds is 4. The molecular weight excluding hydrogens is 240 g/mol. The molecule has 1 aliphatic heterocycles. The molecule has 1 unspecified atom stereocenters. The normalized spacial score (nSPS) is 31.1. The summed E-state index contributed by atoms with van der Waals surface area (Å²) in [5.41, 5.74) is 0. The quantitative estimate of drug-likeness (QED) is 0.783. The third-order valence-corrected chi connectivity index (χ3v) is 4.31. The lowest BCUT2D eigenvalue weighted by Crippen LogP contribution is -2.24. The first-order chi connectivity index (χ1) is 7.85. The average molecular weight is 264 g/mol. The minimum absolute atomic E-state index is 0.189. The Bertz CT molecular complexity index is 323. The first-order valence-electron chi connectivity index (χ1n) is 6.47. The van der Waals surface area contributed by atoms with Crippen LogP contribution in [0.3, 0.4) is 0 Å². The molecule has 4 nitrogen and oxygen atoms in total. The molecule has 102 valence electrons. The lowest BCUT2D eigenvalue weighted by atomic mass is 9.93. The van der Waals surface area contributed by atoms with Gasteiger partial charge in [-0.25, -0.2) is 8.37 Å². The predicted molar refractivity (Wildman–Crippen MR) is 66.8 cm³/mol. The summed E-state index contributed by atoms with van der Waals surface area (Å²) in [6.45, 7) is 8.07. The van der Waals surface area contributed by atoms with Gasteiger partial charge in [0.1, 0.15) is 0 Å². The molecule has 1 heterocycles. The second-order valence-corrected chi connectivity index (χ2v) is 6.47. The van der Waals surface area contributed by atoms with Crippen LogP contribution in [0.4, 0.5) is 0 Å². The van der Waals surface area contributed by atoms with E-state index in [2.05, 4.69) is 6.92 Å². The summed E-state index contributed by atoms with van der Waals surface area (Å²) in [7, 11) is -3.83. The van der Waals surface area contributed by atoms with Crippen LogP contribution in [0.1, 0.15) is 53.4 Å². The van der Waals surface area contributed by atoms with Gasteiger partial charge < -0.3 is 0 Å². The van der Waals surface area contributed by atoms with Crippen LogP contribution in [-0.2, 0) is 18.8 Å². The van der Waals surface area contributed by atoms with Crippen LogP contribution in [0, 0.1) is 11.8 Å². The highest BCUT2D eigenvalue weighted by Crippen LogP contribution is 2.28. The van der Waals surface area contributed by atoms with Gasteiger partial charge in [-0.2, -0.15) is 8.42 Å². The van der Waals surface area contributed by atoms with E-state index in [-0.39, 0.29) is 24.0 Å². The maximum absolute atomic E-state index is 11.7. The van der Waals surface area contributed by atoms with E-state index in [4.69, 9.17) is 8.37 Å². The van der Waals surface area contributed by atoms with E-state index in [1.807, 2.05) is 20.8 Å². The maximum Gasteiger partial charge on any atom is 0.400 e. The monoisotopic (exact) mass is 264 g/mol. The van der Waals surface area contributed by atoms with Crippen LogP contribution in [0.25, 0.3) is 0 Å². The van der Waals surface area contributed by atoms with Gasteiger partial charge in [-0.05, 0) is 31.1 Å². The van der Waals surface area contributed by atoms with E-state index < -0.39 is 10.4 Å². The summed E-state index contributed by atoms with van der Waals surface area (Å²) in [5, 5.41) is 0. The molecule has 0 amide bonds. The average Bonchev–Trinajstić information content (AvgIpc) is 2.37. The minimum atomic E-state index is -3.83. The van der Waals surface area contributed by atoms with Crippen LogP contribution in [0.5, 0.6) is 0 Å². The summed E-state index contributed by atoms with van der Waals surface area (Å²) in [4.78, 5) is 0. The fraction of sp³-hybridized carbons (Fsp3) is 1.00. The van der Waals surface area contributed by atoms with Gasteiger partial charge in [0.05, 0.1) is 12.2 Å². The molecule has 0 radical (unpaired) electrons. The van der Waals surface area contributed by atoms with Gasteiger partial charge >= 0.3 is 10.4 Å². The Morgan fingerprint density at radius 1 is 1.12 bits per heavy atom. The molecule has 3 atom stereocenters. The van der Waals surface area contributed by atoms with Crippen molar-refractivity contribution in [1.29, 1.82) is 0 Å². The van der Waals surface area contributed by atoms with Gasteiger partial charge in [-0.3, -0.25) is 0 Å². The molecular formula is C12H24O4S. The van der Waals surface area contributed by atoms with Crippen molar-refractivity contribution in [2.75, 3.05) is 0 Å². The Morgan fingerprint density at radius 3 is 2.18 bits per heavy atom. The molecule has 0 aromatic heterocycles. The van der Waals surface area contributed by atoms with Gasteiger partial charge in [0.2, 0.25) is 0 Å². The van der Waals surface area contributed by atoms with Crippen molar-refractivity contribution in [2.45, 2.75) is 65.6 Å². The van der Waals surface area contributed by atoms with Gasteiger partial charge in [0, 0.05) is 0 Å². The van der Waals surface area contributed by atoms with E-state index in [1.165, 1.54) is 0 Å². The summed E-state index contributed by atoms with van der Waals surface area (Å²) in [5.74, 6) is 0.442. The molecule has 0 N–H and O–H groups in total. The summed E-state index contributed by atoms with van der Waals surface area (Å²) < 4.78 is 33.5. The zero-order valence-electron chi connectivity index (χ0n) is 11.2. The van der Waals surface area contributed by atoms with E-state index in [0.717, 1.165) is 25.7 Å². The third kappa shape index (κ3) is 4.56. The molecule has 0 aromatic carbocycles. The summed E-state index contributed by atoms with van der Waals surface area (Å²) in [6, 6.07) is 0. The van der Waals surface area contributed by atoms with Crippen molar-refractivity contribution in [1.82, 2.24) is 0 Å². The Kier molecular flexibility index (Phi) is 5.41. The van der Waals surface area contributed by atoms with Crippen LogP contribution in [0.2, 0.25) is 0 Å². The van der Waals surface area contributed by atoms with Crippen molar-refractivity contribution in [3.05, 3.63) is 0 Å². The zero-order valence-corrected chi connectivity index (χ0v) is 12.0. The lowest BCUT2D eigenvalue weighted by Gasteiger charge is -2.20. The molecule has 17 heavy (non-hydrogen) atoms. The third-order valence-electron chi connectivity index (χ3n) is 3.34. The van der Waals surface area contributed by atoms with Crippen molar-refractivity contribution < 1.29 is 16.8 Å². The fourth-order valence-electron chi connectivity index (χ4n) is 2.22. The predicted octanol–water partition coefficient (Wildman–Crippen LogP) is 2.89. The van der Waals surface area contributed by atoms with Crippen molar-refractivity contribution >= 4 is 10.4 Å². The first-order valence-corrected chi connectivity index (χ1v) is 7.80. The maximum atomic E-state index is 11.7. The highest BCUT2D eigenvalue weighted by atomic mass is 32.3. The molecule has 0 aromatic rings. The Labute approximate surface area is 105 Å². The largest absolute Gasteiger partial charge is 0.400 e. The van der Waals surface area contributed by atoms with E-state index >= 15 is 0 Å². The SMILES string of the molecule is CCCC(C)[C@H]1CC[C@H](C(C)C)OS(=O)(=O)O1. The van der Waals surface area contributed by atoms with Crippen molar-refractivity contribution in [3.8, 4) is 0 Å². The Hall–Kier alpha value is -0.130. The molecule has 1 aliphatic rings. The molecule has 1 fully saturated rings. The first kappa shape index (κ1) is 14.9. The van der Waals surface area contributed by atoms with Crippen LogP contribution in [0.15, 0.2) is 0 Å². The van der Waals surface area contributed by atoms with Gasteiger partial charge in [0.15, 0.2) is 0 Å². The zero-order chi connectivity index (χ0) is 13.1. The van der Waals surface area contributed by atoms with Crippen LogP contribution in [-0.4, -0.2) is 20.6 Å². The van der Waals surface area contributed by atoms with E-state index in [9.17, 15) is 8.42 Å². The smallest absolute Gasteiger partial charge is 0.245 e. The molecule has 1 saturated heterocycles. The Balaban J connectivity index is 2.73. The van der Waals surface area contributed by atoms with E-state index in [0.29, 0.717) is 0 Å². The molecule has 0 spiro atoms. The highest BCUT2D eigenvalue weighted by Gasteiger charge is 2.33. The molecule has 0 saturated carbocycles. The second kappa shape index (κ2) is 6.16. The van der Waals surface area contributed by atoms with Gasteiger partial charge in [0.25, 0.3) is 0 Å².